The summed E-state index contributed by atoms with van der Waals surface area (Å²) in [5.41, 5.74) is 0. The molecule has 18 heavy (non-hydrogen) atoms. The number of carbonyl (C=O) groups is 2. The lowest BCUT2D eigenvalue weighted by molar-refractivity contribution is -0.146. The van der Waals surface area contributed by atoms with E-state index in [1.165, 1.54) is 4.90 Å². The van der Waals surface area contributed by atoms with Crippen molar-refractivity contribution in [1.82, 2.24) is 4.90 Å². The molecule has 1 unspecified atom stereocenters. The molecule has 0 aromatic heterocycles. The number of sulfone groups is 1. The Labute approximate surface area is 106 Å². The highest BCUT2D eigenvalue weighted by Gasteiger charge is 2.37. The Morgan fingerprint density at radius 1 is 1.22 bits per heavy atom. The normalized spacial score (nSPS) is 25.9. The predicted molar refractivity (Wildman–Crippen MR) is 63.7 cm³/mol. The van der Waals surface area contributed by atoms with Crippen LogP contribution in [0.5, 0.6) is 0 Å². The van der Waals surface area contributed by atoms with E-state index in [1.54, 1.807) is 0 Å². The molecule has 2 rings (SSSR count). The monoisotopic (exact) mass is 275 g/mol. The van der Waals surface area contributed by atoms with Crippen LogP contribution in [-0.2, 0) is 19.4 Å². The molecule has 0 bridgehead atoms. The first-order valence-corrected chi connectivity index (χ1v) is 7.90. The average molecular weight is 275 g/mol. The van der Waals surface area contributed by atoms with Crippen molar-refractivity contribution < 1.29 is 23.1 Å². The van der Waals surface area contributed by atoms with Gasteiger partial charge in [0.2, 0.25) is 5.91 Å². The maximum Gasteiger partial charge on any atom is 0.323 e. The van der Waals surface area contributed by atoms with Gasteiger partial charge in [-0.3, -0.25) is 9.59 Å². The number of aliphatic carboxylic acids is 1. The number of carboxylic acids is 1. The van der Waals surface area contributed by atoms with Crippen LogP contribution in [0.4, 0.5) is 0 Å². The summed E-state index contributed by atoms with van der Waals surface area (Å²) in [5, 5.41) is 8.80. The van der Waals surface area contributed by atoms with Crippen molar-refractivity contribution in [3.8, 4) is 0 Å². The van der Waals surface area contributed by atoms with Crippen LogP contribution in [0.1, 0.15) is 19.3 Å². The number of rotatable bonds is 5. The number of amides is 1. The van der Waals surface area contributed by atoms with Crippen LogP contribution in [0.3, 0.4) is 0 Å². The van der Waals surface area contributed by atoms with Crippen LogP contribution in [0, 0.1) is 11.8 Å². The Bertz CT molecular complexity index is 454. The van der Waals surface area contributed by atoms with Crippen molar-refractivity contribution in [2.45, 2.75) is 19.3 Å². The molecular formula is C11H17NO5S. The van der Waals surface area contributed by atoms with Crippen LogP contribution < -0.4 is 0 Å². The van der Waals surface area contributed by atoms with E-state index >= 15 is 0 Å². The number of nitrogens with zero attached hydrogens (tertiary/aromatic N) is 1. The van der Waals surface area contributed by atoms with Crippen molar-refractivity contribution in [3.05, 3.63) is 0 Å². The van der Waals surface area contributed by atoms with E-state index in [-0.39, 0.29) is 24.0 Å². The maximum atomic E-state index is 12.1. The summed E-state index contributed by atoms with van der Waals surface area (Å²) in [4.78, 5) is 24.2. The van der Waals surface area contributed by atoms with E-state index in [9.17, 15) is 18.0 Å². The highest BCUT2D eigenvalue weighted by molar-refractivity contribution is 7.91. The molecule has 1 atom stereocenters. The molecule has 1 saturated heterocycles. The van der Waals surface area contributed by atoms with E-state index in [2.05, 4.69) is 0 Å². The highest BCUT2D eigenvalue weighted by Crippen LogP contribution is 2.31. The van der Waals surface area contributed by atoms with Crippen LogP contribution in [0.25, 0.3) is 0 Å². The van der Waals surface area contributed by atoms with Gasteiger partial charge in [-0.25, -0.2) is 8.42 Å². The molecule has 2 aliphatic rings. The van der Waals surface area contributed by atoms with Gasteiger partial charge in [0.25, 0.3) is 0 Å². The second-order valence-electron chi connectivity index (χ2n) is 5.16. The lowest BCUT2D eigenvalue weighted by Gasteiger charge is -2.23. The average Bonchev–Trinajstić information content (AvgIpc) is 2.99. The standard InChI is InChI=1S/C11H17NO5S/c13-10(14)6-12(5-8-1-2-8)11(15)9-3-4-18(16,17)7-9/h8-9H,1-7H2,(H,13,14). The van der Waals surface area contributed by atoms with Crippen molar-refractivity contribution in [1.29, 1.82) is 0 Å². The number of carboxylic acid groups (broad SMARTS) is 1. The lowest BCUT2D eigenvalue weighted by atomic mass is 10.1. The molecule has 1 aliphatic carbocycles. The van der Waals surface area contributed by atoms with Gasteiger partial charge in [-0.15, -0.1) is 0 Å². The van der Waals surface area contributed by atoms with Crippen molar-refractivity contribution in [3.63, 3.8) is 0 Å². The van der Waals surface area contributed by atoms with Crippen molar-refractivity contribution >= 4 is 21.7 Å². The Morgan fingerprint density at radius 2 is 1.89 bits per heavy atom. The second kappa shape index (κ2) is 4.87. The summed E-state index contributed by atoms with van der Waals surface area (Å²) < 4.78 is 22.7. The Balaban J connectivity index is 2.00. The molecule has 1 heterocycles. The molecule has 2 fully saturated rings. The predicted octanol–water partition coefficient (Wildman–Crippen LogP) is -0.256. The van der Waals surface area contributed by atoms with Gasteiger partial charge in [0, 0.05) is 6.54 Å². The van der Waals surface area contributed by atoms with Crippen LogP contribution in [-0.4, -0.2) is 54.9 Å². The molecule has 7 heteroatoms. The third-order valence-electron chi connectivity index (χ3n) is 3.39. The Morgan fingerprint density at radius 3 is 2.33 bits per heavy atom. The Kier molecular flexibility index (Phi) is 3.61. The third-order valence-corrected chi connectivity index (χ3v) is 5.16. The minimum Gasteiger partial charge on any atom is -0.480 e. The Hall–Kier alpha value is -1.11. The van der Waals surface area contributed by atoms with Crippen LogP contribution >= 0.6 is 0 Å². The minimum absolute atomic E-state index is 0.0355. The van der Waals surface area contributed by atoms with E-state index in [0.717, 1.165) is 12.8 Å². The zero-order valence-corrected chi connectivity index (χ0v) is 10.9. The van der Waals surface area contributed by atoms with Gasteiger partial charge < -0.3 is 10.0 Å². The molecule has 0 spiro atoms. The second-order valence-corrected chi connectivity index (χ2v) is 7.38. The fourth-order valence-corrected chi connectivity index (χ4v) is 3.99. The van der Waals surface area contributed by atoms with E-state index < -0.39 is 21.7 Å². The molecule has 0 aromatic rings. The molecule has 1 aliphatic heterocycles. The summed E-state index contributed by atoms with van der Waals surface area (Å²) in [5.74, 6) is -1.62. The van der Waals surface area contributed by atoms with Crippen molar-refractivity contribution in [2.75, 3.05) is 24.6 Å². The van der Waals surface area contributed by atoms with Crippen LogP contribution in [0.15, 0.2) is 0 Å². The smallest absolute Gasteiger partial charge is 0.323 e. The number of hydrogen-bond acceptors (Lipinski definition) is 4. The molecular weight excluding hydrogens is 258 g/mol. The quantitative estimate of drug-likeness (QED) is 0.746. The fraction of sp³-hybridized carbons (Fsp3) is 0.818. The first-order chi connectivity index (χ1) is 8.37. The van der Waals surface area contributed by atoms with Gasteiger partial charge in [-0.1, -0.05) is 0 Å². The van der Waals surface area contributed by atoms with Gasteiger partial charge in [-0.05, 0) is 25.2 Å². The third kappa shape index (κ3) is 3.44. The zero-order valence-electron chi connectivity index (χ0n) is 10.0. The highest BCUT2D eigenvalue weighted by atomic mass is 32.2. The SMILES string of the molecule is O=C(O)CN(CC1CC1)C(=O)C1CCS(=O)(=O)C1. The maximum absolute atomic E-state index is 12.1. The summed E-state index contributed by atoms with van der Waals surface area (Å²) in [6.07, 6.45) is 2.36. The van der Waals surface area contributed by atoms with E-state index in [1.807, 2.05) is 0 Å². The fourth-order valence-electron chi connectivity index (χ4n) is 2.26. The number of carbonyl (C=O) groups excluding carboxylic acids is 1. The van der Waals surface area contributed by atoms with Gasteiger partial charge in [0.1, 0.15) is 6.54 Å². The van der Waals surface area contributed by atoms with Crippen molar-refractivity contribution in [2.24, 2.45) is 11.8 Å². The molecule has 6 nitrogen and oxygen atoms in total. The lowest BCUT2D eigenvalue weighted by Crippen LogP contribution is -2.41. The molecule has 1 saturated carbocycles. The zero-order chi connectivity index (χ0) is 13.3. The molecule has 1 N–H and O–H groups in total. The van der Waals surface area contributed by atoms with E-state index in [4.69, 9.17) is 5.11 Å². The van der Waals surface area contributed by atoms with Gasteiger partial charge in [0.05, 0.1) is 17.4 Å². The van der Waals surface area contributed by atoms with E-state index in [0.29, 0.717) is 18.9 Å². The summed E-state index contributed by atoms with van der Waals surface area (Å²) in [7, 11) is -3.11. The molecule has 0 aromatic carbocycles. The molecule has 0 radical (unpaired) electrons. The van der Waals surface area contributed by atoms with Gasteiger partial charge >= 0.3 is 5.97 Å². The van der Waals surface area contributed by atoms with Crippen LogP contribution in [0.2, 0.25) is 0 Å². The van der Waals surface area contributed by atoms with Gasteiger partial charge in [0.15, 0.2) is 9.84 Å². The topological polar surface area (TPSA) is 91.8 Å². The number of hydrogen-bond donors (Lipinski definition) is 1. The first kappa shape index (κ1) is 13.3. The summed E-state index contributed by atoms with van der Waals surface area (Å²) >= 11 is 0. The summed E-state index contributed by atoms with van der Waals surface area (Å²) in [6, 6.07) is 0. The summed E-state index contributed by atoms with van der Waals surface area (Å²) in [6.45, 7) is 0.119. The first-order valence-electron chi connectivity index (χ1n) is 6.08. The molecule has 1 amide bonds. The van der Waals surface area contributed by atoms with Gasteiger partial charge in [-0.2, -0.15) is 0 Å². The largest absolute Gasteiger partial charge is 0.480 e. The minimum atomic E-state index is -3.11. The molecule has 102 valence electrons.